The Hall–Kier alpha value is -1.64. The van der Waals surface area contributed by atoms with Gasteiger partial charge in [-0.1, -0.05) is 6.07 Å². The standard InChI is InChI=1S/C19H27N3O4S/c20-18(23)19(21-9-2-1-3-10-21)7-11-22(12-8-19)27(24,25)16-5-4-15-6-13-26-17(15)14-16/h4-5,14H,1-3,6-13H2,(H2,20,23)/p+1. The van der Waals surface area contributed by atoms with Gasteiger partial charge in [0.05, 0.1) is 24.6 Å². The number of carbonyl (C=O) groups is 1. The van der Waals surface area contributed by atoms with Crippen LogP contribution >= 0.6 is 0 Å². The van der Waals surface area contributed by atoms with Crippen molar-refractivity contribution in [3.8, 4) is 5.75 Å². The van der Waals surface area contributed by atoms with Crippen molar-refractivity contribution in [1.82, 2.24) is 4.31 Å². The van der Waals surface area contributed by atoms with Crippen LogP contribution in [0.4, 0.5) is 0 Å². The third kappa shape index (κ3) is 3.23. The fraction of sp³-hybridized carbons (Fsp3) is 0.632. The molecule has 3 aliphatic heterocycles. The Morgan fingerprint density at radius 2 is 1.85 bits per heavy atom. The van der Waals surface area contributed by atoms with Crippen molar-refractivity contribution in [2.24, 2.45) is 5.73 Å². The summed E-state index contributed by atoms with van der Waals surface area (Å²) >= 11 is 0. The van der Waals surface area contributed by atoms with Crippen LogP contribution in [0.2, 0.25) is 0 Å². The second-order valence-electron chi connectivity index (χ2n) is 7.88. The average molecular weight is 395 g/mol. The molecular formula is C19H28N3O4S+. The van der Waals surface area contributed by atoms with Crippen molar-refractivity contribution in [3.05, 3.63) is 23.8 Å². The maximum absolute atomic E-state index is 13.1. The van der Waals surface area contributed by atoms with Gasteiger partial charge in [0.15, 0.2) is 5.54 Å². The minimum atomic E-state index is -3.60. The van der Waals surface area contributed by atoms with Crippen LogP contribution in [0.5, 0.6) is 5.75 Å². The molecule has 2 fully saturated rings. The second kappa shape index (κ2) is 7.07. The molecule has 0 bridgehead atoms. The molecule has 0 radical (unpaired) electrons. The van der Waals surface area contributed by atoms with Gasteiger partial charge in [-0.25, -0.2) is 8.42 Å². The molecule has 2 saturated heterocycles. The van der Waals surface area contributed by atoms with Crippen LogP contribution < -0.4 is 15.4 Å². The Balaban J connectivity index is 1.53. The van der Waals surface area contributed by atoms with E-state index in [0.29, 0.717) is 38.3 Å². The Kier molecular flexibility index (Phi) is 4.90. The minimum absolute atomic E-state index is 0.264. The first-order chi connectivity index (χ1) is 12.9. The lowest BCUT2D eigenvalue weighted by atomic mass is 9.84. The quantitative estimate of drug-likeness (QED) is 0.733. The average Bonchev–Trinajstić information content (AvgIpc) is 3.16. The molecule has 0 atom stereocenters. The van der Waals surface area contributed by atoms with E-state index in [1.54, 1.807) is 12.1 Å². The third-order valence-electron chi connectivity index (χ3n) is 6.49. The Morgan fingerprint density at radius 3 is 2.52 bits per heavy atom. The number of nitrogens with two attached hydrogens (primary N) is 1. The molecule has 0 unspecified atom stereocenters. The highest BCUT2D eigenvalue weighted by molar-refractivity contribution is 7.89. The van der Waals surface area contributed by atoms with Crippen LogP contribution in [-0.2, 0) is 21.2 Å². The highest BCUT2D eigenvalue weighted by atomic mass is 32.2. The summed E-state index contributed by atoms with van der Waals surface area (Å²) in [6.07, 6.45) is 5.18. The number of benzene rings is 1. The SMILES string of the molecule is NC(=O)C1([NH+]2CCCCC2)CCN(S(=O)(=O)c2ccc3c(c2)OCC3)CC1. The van der Waals surface area contributed by atoms with Crippen molar-refractivity contribution in [3.63, 3.8) is 0 Å². The summed E-state index contributed by atoms with van der Waals surface area (Å²) in [6, 6.07) is 5.13. The van der Waals surface area contributed by atoms with Gasteiger partial charge in [0.2, 0.25) is 10.0 Å². The molecule has 0 aromatic heterocycles. The van der Waals surface area contributed by atoms with E-state index in [4.69, 9.17) is 10.5 Å². The number of likely N-dealkylation sites (tertiary alicyclic amines) is 1. The summed E-state index contributed by atoms with van der Waals surface area (Å²) in [7, 11) is -3.60. The van der Waals surface area contributed by atoms with Crippen LogP contribution in [0, 0.1) is 0 Å². The number of sulfonamides is 1. The monoisotopic (exact) mass is 394 g/mol. The van der Waals surface area contributed by atoms with E-state index in [2.05, 4.69) is 0 Å². The zero-order chi connectivity index (χ0) is 19.1. The highest BCUT2D eigenvalue weighted by Gasteiger charge is 2.50. The van der Waals surface area contributed by atoms with Crippen molar-refractivity contribution in [1.29, 1.82) is 0 Å². The van der Waals surface area contributed by atoms with E-state index >= 15 is 0 Å². The molecule has 3 N–H and O–H groups in total. The smallest absolute Gasteiger partial charge is 0.278 e. The topological polar surface area (TPSA) is 94.1 Å². The molecule has 4 rings (SSSR count). The number of quaternary nitrogens is 1. The van der Waals surface area contributed by atoms with Crippen LogP contribution in [0.25, 0.3) is 0 Å². The number of ether oxygens (including phenoxy) is 1. The molecule has 1 amide bonds. The van der Waals surface area contributed by atoms with E-state index in [-0.39, 0.29) is 10.8 Å². The fourth-order valence-electron chi connectivity index (χ4n) is 4.80. The number of carbonyl (C=O) groups excluding carboxylic acids is 1. The van der Waals surface area contributed by atoms with Gasteiger partial charge in [-0.3, -0.25) is 4.79 Å². The van der Waals surface area contributed by atoms with Crippen molar-refractivity contribution >= 4 is 15.9 Å². The molecule has 3 heterocycles. The fourth-order valence-corrected chi connectivity index (χ4v) is 6.25. The summed E-state index contributed by atoms with van der Waals surface area (Å²) in [5.41, 5.74) is 6.23. The predicted octanol–water partition coefficient (Wildman–Crippen LogP) is -0.301. The number of nitrogens with zero attached hydrogens (tertiary/aromatic N) is 1. The Bertz CT molecular complexity index is 825. The maximum atomic E-state index is 13.1. The number of primary amides is 1. The van der Waals surface area contributed by atoms with Gasteiger partial charge in [-0.05, 0) is 30.9 Å². The van der Waals surface area contributed by atoms with Crippen LogP contribution in [0.15, 0.2) is 23.1 Å². The molecule has 8 heteroatoms. The van der Waals surface area contributed by atoms with Crippen LogP contribution in [0.1, 0.15) is 37.7 Å². The van der Waals surface area contributed by atoms with Crippen LogP contribution in [-0.4, -0.2) is 57.0 Å². The molecule has 1 aromatic rings. The largest absolute Gasteiger partial charge is 0.493 e. The van der Waals surface area contributed by atoms with Crippen molar-refractivity contribution in [2.45, 2.75) is 49.0 Å². The summed E-state index contributed by atoms with van der Waals surface area (Å²) < 4.78 is 33.2. The molecular weight excluding hydrogens is 366 g/mol. The predicted molar refractivity (Wildman–Crippen MR) is 100 cm³/mol. The number of fused-ring (bicyclic) bond motifs is 1. The first kappa shape index (κ1) is 18.7. The number of rotatable bonds is 4. The van der Waals surface area contributed by atoms with Gasteiger partial charge >= 0.3 is 0 Å². The molecule has 0 spiro atoms. The summed E-state index contributed by atoms with van der Waals surface area (Å²) in [5.74, 6) is 0.375. The van der Waals surface area contributed by atoms with Gasteiger partial charge in [0, 0.05) is 38.4 Å². The van der Waals surface area contributed by atoms with Gasteiger partial charge in [-0.15, -0.1) is 0 Å². The van der Waals surface area contributed by atoms with E-state index in [1.807, 2.05) is 6.07 Å². The minimum Gasteiger partial charge on any atom is -0.493 e. The lowest BCUT2D eigenvalue weighted by Crippen LogP contribution is -3.22. The number of piperidine rings is 2. The summed E-state index contributed by atoms with van der Waals surface area (Å²) in [6.45, 7) is 3.14. The summed E-state index contributed by atoms with van der Waals surface area (Å²) in [5, 5.41) is 0. The van der Waals surface area contributed by atoms with Gasteiger partial charge in [0.25, 0.3) is 5.91 Å². The number of hydrogen-bond donors (Lipinski definition) is 2. The third-order valence-corrected chi connectivity index (χ3v) is 8.38. The van der Waals surface area contributed by atoms with Gasteiger partial charge < -0.3 is 15.4 Å². The molecule has 3 aliphatic rings. The van der Waals surface area contributed by atoms with E-state index in [0.717, 1.165) is 37.9 Å². The Labute approximate surface area is 160 Å². The number of hydrogen-bond acceptors (Lipinski definition) is 4. The van der Waals surface area contributed by atoms with E-state index in [9.17, 15) is 13.2 Å². The van der Waals surface area contributed by atoms with Gasteiger partial charge in [-0.2, -0.15) is 4.31 Å². The van der Waals surface area contributed by atoms with Crippen molar-refractivity contribution < 1.29 is 22.8 Å². The number of amides is 1. The molecule has 1 aromatic carbocycles. The molecule has 7 nitrogen and oxygen atoms in total. The van der Waals surface area contributed by atoms with E-state index in [1.165, 1.54) is 15.6 Å². The van der Waals surface area contributed by atoms with Gasteiger partial charge in [0.1, 0.15) is 5.75 Å². The molecule has 0 aliphatic carbocycles. The lowest BCUT2D eigenvalue weighted by molar-refractivity contribution is -0.948. The Morgan fingerprint density at radius 1 is 1.15 bits per heavy atom. The second-order valence-corrected chi connectivity index (χ2v) is 9.82. The lowest BCUT2D eigenvalue weighted by Gasteiger charge is -2.44. The normalized spacial score (nSPS) is 23.6. The number of nitrogens with one attached hydrogen (secondary N) is 1. The first-order valence-electron chi connectivity index (χ1n) is 9.84. The highest BCUT2D eigenvalue weighted by Crippen LogP contribution is 2.31. The van der Waals surface area contributed by atoms with Crippen LogP contribution in [0.3, 0.4) is 0 Å². The molecule has 0 saturated carbocycles. The molecule has 27 heavy (non-hydrogen) atoms. The first-order valence-corrected chi connectivity index (χ1v) is 11.3. The zero-order valence-corrected chi connectivity index (χ0v) is 16.4. The maximum Gasteiger partial charge on any atom is 0.278 e. The van der Waals surface area contributed by atoms with Crippen molar-refractivity contribution in [2.75, 3.05) is 32.8 Å². The van der Waals surface area contributed by atoms with E-state index < -0.39 is 15.6 Å². The summed E-state index contributed by atoms with van der Waals surface area (Å²) in [4.78, 5) is 13.9. The zero-order valence-electron chi connectivity index (χ0n) is 15.6. The molecule has 148 valence electrons.